The molecule has 142 valence electrons. The molecule has 3 aromatic rings. The maximum absolute atomic E-state index is 13.1. The number of alkyl halides is 3. The lowest BCUT2D eigenvalue weighted by atomic mass is 10.1. The number of halogens is 3. The van der Waals surface area contributed by atoms with E-state index in [1.54, 1.807) is 19.2 Å². The number of methoxy groups -OCH3 is 1. The van der Waals surface area contributed by atoms with Gasteiger partial charge < -0.3 is 9.30 Å². The highest BCUT2D eigenvalue weighted by Crippen LogP contribution is 2.34. The first-order valence-corrected chi connectivity index (χ1v) is 8.67. The Morgan fingerprint density at radius 1 is 1.22 bits per heavy atom. The molecular weight excluding hydrogens is 379 g/mol. The fraction of sp³-hybridized carbons (Fsp3) is 0.222. The quantitative estimate of drug-likeness (QED) is 0.694. The minimum atomic E-state index is -4.61. The number of hydrogen-bond donors (Lipinski definition) is 1. The third-order valence-corrected chi connectivity index (χ3v) is 4.77. The molecule has 0 saturated carbocycles. The van der Waals surface area contributed by atoms with Crippen LogP contribution >= 0.6 is 11.3 Å². The van der Waals surface area contributed by atoms with E-state index in [0.717, 1.165) is 22.8 Å². The van der Waals surface area contributed by atoms with E-state index < -0.39 is 23.2 Å². The summed E-state index contributed by atoms with van der Waals surface area (Å²) >= 11 is 1.20. The van der Waals surface area contributed by atoms with Crippen molar-refractivity contribution in [1.29, 1.82) is 0 Å². The molecule has 2 heterocycles. The topological polar surface area (TPSA) is 56.1 Å². The SMILES string of the molecule is COc1ccc(-c2nc(NC(=O)c3cn(C)cc3C(F)(F)F)sc2C)cc1. The second-order valence-corrected chi connectivity index (χ2v) is 7.06. The second-order valence-electron chi connectivity index (χ2n) is 5.86. The summed E-state index contributed by atoms with van der Waals surface area (Å²) in [5.41, 5.74) is 0.0535. The molecular formula is C18H16F3N3O2S. The van der Waals surface area contributed by atoms with Crippen molar-refractivity contribution in [3.05, 3.63) is 52.7 Å². The van der Waals surface area contributed by atoms with Gasteiger partial charge in [-0.25, -0.2) is 4.98 Å². The number of hydrogen-bond acceptors (Lipinski definition) is 4. The van der Waals surface area contributed by atoms with Crippen LogP contribution in [-0.2, 0) is 13.2 Å². The summed E-state index contributed by atoms with van der Waals surface area (Å²) in [5.74, 6) is -0.151. The van der Waals surface area contributed by atoms with Crippen molar-refractivity contribution < 1.29 is 22.7 Å². The van der Waals surface area contributed by atoms with Gasteiger partial charge >= 0.3 is 6.18 Å². The van der Waals surface area contributed by atoms with Crippen LogP contribution in [0.3, 0.4) is 0 Å². The smallest absolute Gasteiger partial charge is 0.418 e. The number of rotatable bonds is 4. The summed E-state index contributed by atoms with van der Waals surface area (Å²) in [6.07, 6.45) is -2.59. The molecule has 3 rings (SSSR count). The lowest BCUT2D eigenvalue weighted by Crippen LogP contribution is -2.16. The summed E-state index contributed by atoms with van der Waals surface area (Å²) < 4.78 is 45.6. The Morgan fingerprint density at radius 3 is 2.48 bits per heavy atom. The zero-order valence-corrected chi connectivity index (χ0v) is 15.5. The fourth-order valence-corrected chi connectivity index (χ4v) is 3.45. The number of carbonyl (C=O) groups excluding carboxylic acids is 1. The van der Waals surface area contributed by atoms with Crippen LogP contribution in [-0.4, -0.2) is 22.6 Å². The van der Waals surface area contributed by atoms with Crippen LogP contribution in [0.2, 0.25) is 0 Å². The largest absolute Gasteiger partial charge is 0.497 e. The lowest BCUT2D eigenvalue weighted by Gasteiger charge is -2.07. The molecule has 0 bridgehead atoms. The number of nitrogens with zero attached hydrogens (tertiary/aromatic N) is 2. The van der Waals surface area contributed by atoms with Crippen molar-refractivity contribution in [3.8, 4) is 17.0 Å². The molecule has 9 heteroatoms. The van der Waals surface area contributed by atoms with E-state index in [1.165, 1.54) is 23.0 Å². The fourth-order valence-electron chi connectivity index (χ4n) is 2.62. The van der Waals surface area contributed by atoms with E-state index >= 15 is 0 Å². The number of thiazole rings is 1. The van der Waals surface area contributed by atoms with Gasteiger partial charge in [-0.1, -0.05) is 0 Å². The Labute approximate surface area is 157 Å². The summed E-state index contributed by atoms with van der Waals surface area (Å²) in [4.78, 5) is 17.6. The molecule has 0 atom stereocenters. The van der Waals surface area contributed by atoms with Gasteiger partial charge in [-0.15, -0.1) is 11.3 Å². The maximum Gasteiger partial charge on any atom is 0.418 e. The number of benzene rings is 1. The highest BCUT2D eigenvalue weighted by molar-refractivity contribution is 7.16. The number of carbonyl (C=O) groups is 1. The first-order valence-electron chi connectivity index (χ1n) is 7.85. The van der Waals surface area contributed by atoms with Crippen molar-refractivity contribution >= 4 is 22.4 Å². The molecule has 0 radical (unpaired) electrons. The molecule has 27 heavy (non-hydrogen) atoms. The lowest BCUT2D eigenvalue weighted by molar-refractivity contribution is -0.137. The predicted molar refractivity (Wildman–Crippen MR) is 97.2 cm³/mol. The Bertz CT molecular complexity index is 975. The van der Waals surface area contributed by atoms with Gasteiger partial charge in [0, 0.05) is 29.9 Å². The third kappa shape index (κ3) is 3.97. The van der Waals surface area contributed by atoms with E-state index in [0.29, 0.717) is 11.4 Å². The molecule has 1 N–H and O–H groups in total. The van der Waals surface area contributed by atoms with Gasteiger partial charge in [0.25, 0.3) is 5.91 Å². The van der Waals surface area contributed by atoms with Gasteiger partial charge in [0.1, 0.15) is 5.75 Å². The van der Waals surface area contributed by atoms with Crippen molar-refractivity contribution in [2.45, 2.75) is 13.1 Å². The normalized spacial score (nSPS) is 11.5. The Kier molecular flexibility index (Phi) is 4.97. The molecule has 0 spiro atoms. The van der Waals surface area contributed by atoms with Crippen LogP contribution in [0.4, 0.5) is 18.3 Å². The first-order chi connectivity index (χ1) is 12.7. The summed E-state index contributed by atoms with van der Waals surface area (Å²) in [6, 6.07) is 7.22. The Hall–Kier alpha value is -2.81. The number of aromatic nitrogens is 2. The van der Waals surface area contributed by atoms with Gasteiger partial charge in [0.2, 0.25) is 0 Å². The molecule has 0 aliphatic carbocycles. The van der Waals surface area contributed by atoms with E-state index in [2.05, 4.69) is 10.3 Å². The van der Waals surface area contributed by atoms with Crippen LogP contribution in [0.25, 0.3) is 11.3 Å². The van der Waals surface area contributed by atoms with E-state index in [-0.39, 0.29) is 5.13 Å². The number of ether oxygens (including phenoxy) is 1. The van der Waals surface area contributed by atoms with E-state index in [4.69, 9.17) is 4.74 Å². The van der Waals surface area contributed by atoms with Gasteiger partial charge in [0.15, 0.2) is 5.13 Å². The monoisotopic (exact) mass is 395 g/mol. The molecule has 0 aliphatic rings. The molecule has 5 nitrogen and oxygen atoms in total. The van der Waals surface area contributed by atoms with E-state index in [9.17, 15) is 18.0 Å². The number of nitrogens with one attached hydrogen (secondary N) is 1. The number of aryl methyl sites for hydroxylation is 2. The van der Waals surface area contributed by atoms with Crippen LogP contribution < -0.4 is 10.1 Å². The third-order valence-electron chi connectivity index (χ3n) is 3.89. The van der Waals surface area contributed by atoms with Crippen LogP contribution in [0.1, 0.15) is 20.8 Å². The maximum atomic E-state index is 13.1. The van der Waals surface area contributed by atoms with Gasteiger partial charge in [-0.2, -0.15) is 13.2 Å². The van der Waals surface area contributed by atoms with Crippen molar-refractivity contribution in [2.24, 2.45) is 7.05 Å². The highest BCUT2D eigenvalue weighted by atomic mass is 32.1. The zero-order chi connectivity index (χ0) is 19.8. The summed E-state index contributed by atoms with van der Waals surface area (Å²) in [6.45, 7) is 1.83. The van der Waals surface area contributed by atoms with Crippen LogP contribution in [0.15, 0.2) is 36.7 Å². The molecule has 0 aliphatic heterocycles. The van der Waals surface area contributed by atoms with Crippen LogP contribution in [0.5, 0.6) is 5.75 Å². The minimum absolute atomic E-state index is 0.236. The van der Waals surface area contributed by atoms with Crippen molar-refractivity contribution in [1.82, 2.24) is 9.55 Å². The van der Waals surface area contributed by atoms with Gasteiger partial charge in [-0.05, 0) is 31.2 Å². The van der Waals surface area contributed by atoms with E-state index in [1.807, 2.05) is 19.1 Å². The van der Waals surface area contributed by atoms with Gasteiger partial charge in [0.05, 0.1) is 23.9 Å². The highest BCUT2D eigenvalue weighted by Gasteiger charge is 2.36. The Balaban J connectivity index is 1.86. The van der Waals surface area contributed by atoms with Gasteiger partial charge in [-0.3, -0.25) is 10.1 Å². The molecule has 0 saturated heterocycles. The number of anilines is 1. The molecule has 0 unspecified atom stereocenters. The van der Waals surface area contributed by atoms with Crippen LogP contribution in [0, 0.1) is 6.92 Å². The molecule has 0 fully saturated rings. The second kappa shape index (κ2) is 7.07. The zero-order valence-electron chi connectivity index (χ0n) is 14.7. The average molecular weight is 395 g/mol. The minimum Gasteiger partial charge on any atom is -0.497 e. The standard InChI is InChI=1S/C18H16F3N3O2S/c1-10-15(11-4-6-12(26-3)7-5-11)22-17(27-10)23-16(25)13-8-24(2)9-14(13)18(19,20)21/h4-9H,1-3H3,(H,22,23,25). The molecule has 1 aromatic carbocycles. The molecule has 1 amide bonds. The van der Waals surface area contributed by atoms with Crippen molar-refractivity contribution in [3.63, 3.8) is 0 Å². The Morgan fingerprint density at radius 2 is 1.89 bits per heavy atom. The van der Waals surface area contributed by atoms with Crippen molar-refractivity contribution in [2.75, 3.05) is 12.4 Å². The molecule has 2 aromatic heterocycles. The summed E-state index contributed by atoms with van der Waals surface area (Å²) in [7, 11) is 3.00. The predicted octanol–water partition coefficient (Wildman–Crippen LogP) is 4.74. The average Bonchev–Trinajstić information content (AvgIpc) is 3.17. The summed E-state index contributed by atoms with van der Waals surface area (Å²) in [5, 5.41) is 2.70. The number of amides is 1. The first kappa shape index (κ1) is 19.0.